The van der Waals surface area contributed by atoms with Crippen LogP contribution in [0.25, 0.3) is 11.1 Å². The second-order valence-corrected chi connectivity index (χ2v) is 6.62. The van der Waals surface area contributed by atoms with Crippen molar-refractivity contribution in [2.45, 2.75) is 12.3 Å². The van der Waals surface area contributed by atoms with Crippen molar-refractivity contribution in [1.29, 1.82) is 0 Å². The average Bonchev–Trinajstić information content (AvgIpc) is 2.74. The summed E-state index contributed by atoms with van der Waals surface area (Å²) in [7, 11) is 0. The summed E-state index contributed by atoms with van der Waals surface area (Å²) in [5, 5.41) is 0. The van der Waals surface area contributed by atoms with Gasteiger partial charge in [-0.3, -0.25) is 9.97 Å². The molecular formula is C24H21N3. The van der Waals surface area contributed by atoms with Gasteiger partial charge >= 0.3 is 0 Å². The third-order valence-corrected chi connectivity index (χ3v) is 4.81. The molecule has 132 valence electrons. The van der Waals surface area contributed by atoms with Crippen molar-refractivity contribution in [2.24, 2.45) is 0 Å². The molecule has 0 aliphatic carbocycles. The second-order valence-electron chi connectivity index (χ2n) is 6.62. The Morgan fingerprint density at radius 2 is 1.44 bits per heavy atom. The van der Waals surface area contributed by atoms with Gasteiger partial charge in [-0.05, 0) is 46.9 Å². The molecular weight excluding hydrogens is 330 g/mol. The van der Waals surface area contributed by atoms with Crippen LogP contribution in [0.3, 0.4) is 0 Å². The number of nitrogens with two attached hydrogens (primary N) is 1. The second kappa shape index (κ2) is 7.83. The van der Waals surface area contributed by atoms with Gasteiger partial charge in [0.2, 0.25) is 0 Å². The first-order chi connectivity index (χ1) is 13.3. The first kappa shape index (κ1) is 17.0. The fourth-order valence-electron chi connectivity index (χ4n) is 3.45. The first-order valence-corrected chi connectivity index (χ1v) is 9.05. The van der Waals surface area contributed by atoms with E-state index in [0.29, 0.717) is 0 Å². The van der Waals surface area contributed by atoms with Gasteiger partial charge in [-0.2, -0.15) is 0 Å². The summed E-state index contributed by atoms with van der Waals surface area (Å²) in [4.78, 5) is 8.63. The van der Waals surface area contributed by atoms with Crippen molar-refractivity contribution in [2.75, 3.05) is 5.73 Å². The third-order valence-electron chi connectivity index (χ3n) is 4.81. The van der Waals surface area contributed by atoms with Crippen LogP contribution in [-0.2, 0) is 6.42 Å². The van der Waals surface area contributed by atoms with Crippen molar-refractivity contribution in [3.8, 4) is 11.1 Å². The summed E-state index contributed by atoms with van der Waals surface area (Å²) in [6, 6.07) is 24.8. The van der Waals surface area contributed by atoms with Crippen LogP contribution < -0.4 is 5.73 Å². The molecule has 4 aromatic rings. The fourth-order valence-corrected chi connectivity index (χ4v) is 3.45. The topological polar surface area (TPSA) is 51.8 Å². The van der Waals surface area contributed by atoms with Gasteiger partial charge in [-0.25, -0.2) is 0 Å². The smallest absolute Gasteiger partial charge is 0.0393 e. The van der Waals surface area contributed by atoms with Crippen LogP contribution in [0.15, 0.2) is 97.6 Å². The fraction of sp³-hybridized carbons (Fsp3) is 0.0833. The minimum absolute atomic E-state index is 0.204. The van der Waals surface area contributed by atoms with Gasteiger partial charge in [-0.15, -0.1) is 0 Å². The predicted molar refractivity (Wildman–Crippen MR) is 110 cm³/mol. The molecule has 0 amide bonds. The number of rotatable bonds is 5. The van der Waals surface area contributed by atoms with Gasteiger partial charge in [0.1, 0.15) is 0 Å². The number of para-hydroxylation sites is 1. The molecule has 0 radical (unpaired) electrons. The molecule has 0 fully saturated rings. The van der Waals surface area contributed by atoms with Crippen molar-refractivity contribution in [1.82, 2.24) is 9.97 Å². The summed E-state index contributed by atoms with van der Waals surface area (Å²) in [6.07, 6.45) is 8.37. The molecule has 0 aliphatic heterocycles. The lowest BCUT2D eigenvalue weighted by atomic mass is 9.87. The van der Waals surface area contributed by atoms with E-state index in [2.05, 4.69) is 52.4 Å². The Labute approximate surface area is 159 Å². The van der Waals surface area contributed by atoms with Crippen LogP contribution in [0, 0.1) is 0 Å². The number of aromatic nitrogens is 2. The number of benzene rings is 2. The Balaban J connectivity index is 1.70. The summed E-state index contributed by atoms with van der Waals surface area (Å²) >= 11 is 0. The number of hydrogen-bond acceptors (Lipinski definition) is 3. The molecule has 4 rings (SSSR count). The quantitative estimate of drug-likeness (QED) is 0.509. The van der Waals surface area contributed by atoms with E-state index in [1.807, 2.05) is 55.1 Å². The summed E-state index contributed by atoms with van der Waals surface area (Å²) < 4.78 is 0. The molecule has 0 saturated carbocycles. The lowest BCUT2D eigenvalue weighted by molar-refractivity contribution is 0.794. The molecule has 0 unspecified atom stereocenters. The zero-order chi connectivity index (χ0) is 18.5. The Morgan fingerprint density at radius 1 is 0.741 bits per heavy atom. The van der Waals surface area contributed by atoms with E-state index in [4.69, 9.17) is 5.73 Å². The molecule has 2 N–H and O–H groups in total. The maximum absolute atomic E-state index is 6.17. The zero-order valence-electron chi connectivity index (χ0n) is 15.0. The zero-order valence-corrected chi connectivity index (χ0v) is 15.0. The number of hydrogen-bond donors (Lipinski definition) is 1. The molecule has 2 heterocycles. The maximum atomic E-state index is 6.17. The monoisotopic (exact) mass is 351 g/mol. The SMILES string of the molecule is Nc1ccccc1-c1cccc(CC(c2cccnc2)c2cccnc2)c1. The van der Waals surface area contributed by atoms with E-state index in [9.17, 15) is 0 Å². The Morgan fingerprint density at radius 3 is 2.07 bits per heavy atom. The lowest BCUT2D eigenvalue weighted by Gasteiger charge is -2.18. The highest BCUT2D eigenvalue weighted by Gasteiger charge is 2.16. The molecule has 0 saturated heterocycles. The first-order valence-electron chi connectivity index (χ1n) is 9.05. The molecule has 3 nitrogen and oxygen atoms in total. The molecule has 0 spiro atoms. The summed E-state index contributed by atoms with van der Waals surface area (Å²) in [5.41, 5.74) is 12.8. The highest BCUT2D eigenvalue weighted by atomic mass is 14.6. The molecule has 27 heavy (non-hydrogen) atoms. The Bertz CT molecular complexity index is 974. The van der Waals surface area contributed by atoms with Gasteiger partial charge in [0.25, 0.3) is 0 Å². The highest BCUT2D eigenvalue weighted by Crippen LogP contribution is 2.31. The standard InChI is InChI=1S/C24H21N3/c25-24-11-2-1-10-22(24)19-7-3-6-18(14-19)15-23(20-8-4-12-26-16-20)21-9-5-13-27-17-21/h1-14,16-17,23H,15,25H2. The summed E-state index contributed by atoms with van der Waals surface area (Å²) in [6.45, 7) is 0. The van der Waals surface area contributed by atoms with Crippen molar-refractivity contribution in [3.63, 3.8) is 0 Å². The van der Waals surface area contributed by atoms with Crippen LogP contribution in [-0.4, -0.2) is 9.97 Å². The molecule has 0 aliphatic rings. The van der Waals surface area contributed by atoms with Gasteiger partial charge in [-0.1, -0.05) is 54.6 Å². The van der Waals surface area contributed by atoms with Crippen LogP contribution in [0.2, 0.25) is 0 Å². The Hall–Kier alpha value is -3.46. The van der Waals surface area contributed by atoms with E-state index in [0.717, 1.165) is 23.2 Å². The number of anilines is 1. The lowest BCUT2D eigenvalue weighted by Crippen LogP contribution is -2.06. The van der Waals surface area contributed by atoms with E-state index < -0.39 is 0 Å². The average molecular weight is 351 g/mol. The molecule has 3 heteroatoms. The van der Waals surface area contributed by atoms with Crippen molar-refractivity contribution < 1.29 is 0 Å². The van der Waals surface area contributed by atoms with Gasteiger partial charge < -0.3 is 5.73 Å². The molecule has 2 aromatic carbocycles. The minimum Gasteiger partial charge on any atom is -0.398 e. The van der Waals surface area contributed by atoms with Crippen molar-refractivity contribution >= 4 is 5.69 Å². The van der Waals surface area contributed by atoms with E-state index in [1.54, 1.807) is 0 Å². The Kier molecular flexibility index (Phi) is 4.93. The van der Waals surface area contributed by atoms with Crippen LogP contribution in [0.1, 0.15) is 22.6 Å². The minimum atomic E-state index is 0.204. The largest absolute Gasteiger partial charge is 0.398 e. The molecule has 0 atom stereocenters. The molecule has 2 aromatic heterocycles. The van der Waals surface area contributed by atoms with E-state index in [-0.39, 0.29) is 5.92 Å². The van der Waals surface area contributed by atoms with Gasteiger partial charge in [0, 0.05) is 42.0 Å². The van der Waals surface area contributed by atoms with E-state index >= 15 is 0 Å². The predicted octanol–water partition coefficient (Wildman–Crippen LogP) is 5.10. The highest BCUT2D eigenvalue weighted by molar-refractivity contribution is 5.76. The number of nitrogens with zero attached hydrogens (tertiary/aromatic N) is 2. The van der Waals surface area contributed by atoms with Crippen LogP contribution in [0.5, 0.6) is 0 Å². The summed E-state index contributed by atoms with van der Waals surface area (Å²) in [5.74, 6) is 0.204. The van der Waals surface area contributed by atoms with E-state index in [1.165, 1.54) is 16.7 Å². The van der Waals surface area contributed by atoms with Crippen molar-refractivity contribution in [3.05, 3.63) is 114 Å². The van der Waals surface area contributed by atoms with Gasteiger partial charge in [0.15, 0.2) is 0 Å². The van der Waals surface area contributed by atoms with Crippen LogP contribution >= 0.6 is 0 Å². The number of nitrogen functional groups attached to an aromatic ring is 1. The maximum Gasteiger partial charge on any atom is 0.0393 e. The van der Waals surface area contributed by atoms with Crippen LogP contribution in [0.4, 0.5) is 5.69 Å². The normalized spacial score (nSPS) is 10.9. The molecule has 0 bridgehead atoms. The number of pyridine rings is 2. The van der Waals surface area contributed by atoms with Gasteiger partial charge in [0.05, 0.1) is 0 Å². The third kappa shape index (κ3) is 3.87.